The van der Waals surface area contributed by atoms with Gasteiger partial charge < -0.3 is 58.0 Å². The molecule has 23 nitrogen and oxygen atoms in total. The van der Waals surface area contributed by atoms with Crippen molar-refractivity contribution >= 4 is 99.7 Å². The third-order valence-electron chi connectivity index (χ3n) is 12.8. The molecule has 25 heteroatoms. The number of rotatable bonds is 18. The van der Waals surface area contributed by atoms with Gasteiger partial charge in [0.2, 0.25) is 5.91 Å². The Morgan fingerprint density at radius 1 is 0.531 bits per heavy atom. The van der Waals surface area contributed by atoms with Gasteiger partial charge in [0.15, 0.2) is 36.6 Å². The van der Waals surface area contributed by atoms with E-state index in [4.69, 9.17) is 47.4 Å². The number of anilines is 1. The molecule has 7 rings (SSSR count). The average molecular weight is 1160 g/mol. The summed E-state index contributed by atoms with van der Waals surface area (Å²) in [5.74, 6) is -8.25. The van der Waals surface area contributed by atoms with Crippen LogP contribution < -0.4 is 10.6 Å². The number of ether oxygens (including phenoxy) is 10. The summed E-state index contributed by atoms with van der Waals surface area (Å²) in [5, 5.41) is 6.70. The molecule has 432 valence electrons. The maximum Gasteiger partial charge on any atom is 0.303 e. The molecule has 3 heterocycles. The number of nitrogens with zero attached hydrogens (tertiary/aromatic N) is 1. The maximum absolute atomic E-state index is 15.8. The lowest BCUT2D eigenvalue weighted by Gasteiger charge is -2.44. The number of hydrogen-bond donors (Lipinski definition) is 2. The van der Waals surface area contributed by atoms with Crippen LogP contribution in [0.2, 0.25) is 0 Å². The van der Waals surface area contributed by atoms with Gasteiger partial charge in [0.05, 0.1) is 22.8 Å². The van der Waals surface area contributed by atoms with Gasteiger partial charge in [0.1, 0.15) is 36.3 Å². The first-order chi connectivity index (χ1) is 38.5. The quantitative estimate of drug-likeness (QED) is 0.0860. The van der Waals surface area contributed by atoms with Crippen molar-refractivity contribution in [1.82, 2.24) is 10.3 Å². The molecule has 2 fully saturated rings. The van der Waals surface area contributed by atoms with Crippen molar-refractivity contribution in [2.45, 2.75) is 157 Å². The summed E-state index contributed by atoms with van der Waals surface area (Å²) in [4.78, 5) is 135. The van der Waals surface area contributed by atoms with Crippen LogP contribution in [0.1, 0.15) is 114 Å². The molecule has 0 spiro atoms. The summed E-state index contributed by atoms with van der Waals surface area (Å²) >= 11 is 1.66. The second-order valence-corrected chi connectivity index (χ2v) is 21.4. The minimum atomic E-state index is -1.61. The third kappa shape index (κ3) is 15.6. The van der Waals surface area contributed by atoms with Crippen molar-refractivity contribution in [1.29, 1.82) is 0 Å². The molecule has 2 amide bonds. The number of carbonyl (C=O) groups is 10. The fourth-order valence-electron chi connectivity index (χ4n) is 9.96. The Bertz CT molecular complexity index is 2960. The highest BCUT2D eigenvalue weighted by Crippen LogP contribution is 2.49. The highest BCUT2D eigenvalue weighted by molar-refractivity contribution is 8.00. The number of nitrogens with one attached hydrogen (secondary N) is 2. The maximum atomic E-state index is 15.8. The van der Waals surface area contributed by atoms with Gasteiger partial charge >= 0.3 is 47.8 Å². The molecule has 0 radical (unpaired) electrons. The van der Waals surface area contributed by atoms with Crippen LogP contribution in [0, 0.1) is 0 Å². The van der Waals surface area contributed by atoms with Crippen LogP contribution in [-0.2, 0) is 90.5 Å². The number of esters is 8. The fourth-order valence-corrected chi connectivity index (χ4v) is 12.7. The lowest BCUT2D eigenvalue weighted by Crippen LogP contribution is -2.61. The molecule has 2 N–H and O–H groups in total. The van der Waals surface area contributed by atoms with Crippen molar-refractivity contribution in [2.24, 2.45) is 0 Å². The standard InChI is InChI=1S/C56H61N3O20S2/c1-26(60)58-40-20-19-37(38-16-10-11-17-39(38)40)36-22-44(80-55-52(76-33(8)67)50(74-31(6)65)48(72-29(4)63)42(78-55)24-70-27(2)61)46(54(69)59-41-18-12-14-35-15-13-21-57-47(35)41)45(23-36)81-56-53(77-34(9)68)51(75-32(7)66)49(73-30(5)64)43(79-56)25-71-28(3)62/h10-18,21-23,37,40,42-43,48-53,55-56H,19-20,24-25H2,1-9H3,(H,58,60)(H,59,69)/t37-,40-,42-,43+,48-,49+,50+,51-,52-,53+,55+,56-/m0/s1. The third-order valence-corrected chi connectivity index (χ3v) is 15.2. The molecule has 1 aromatic heterocycles. The van der Waals surface area contributed by atoms with Crippen LogP contribution in [-0.4, -0.2) is 137 Å². The first-order valence-electron chi connectivity index (χ1n) is 25.6. The van der Waals surface area contributed by atoms with Crippen LogP contribution in [0.3, 0.4) is 0 Å². The number of pyridine rings is 1. The SMILES string of the molecule is CC(=O)N[C@H]1CC[C@@H](c2cc(S[C@H]3O[C@@H](COC(C)=O)[C@H](OC(C)=O)[C@@H](OC(C)=O)[C@@H]3OC(C)=O)c(C(=O)Nc3cccc4cccnc34)c(S[C@@H]3O[C@H](COC(C)=O)[C@@H](OC(C)=O)[C@H](OC(C)=O)[C@H]3OC(C)=O)c2)c2ccccc21. The van der Waals surface area contributed by atoms with Crippen molar-refractivity contribution < 1.29 is 95.3 Å². The van der Waals surface area contributed by atoms with E-state index in [1.165, 1.54) is 6.92 Å². The largest absolute Gasteiger partial charge is 0.463 e. The van der Waals surface area contributed by atoms with Gasteiger partial charge in [-0.05, 0) is 53.8 Å². The van der Waals surface area contributed by atoms with Gasteiger partial charge in [-0.3, -0.25) is 52.9 Å². The topological polar surface area (TPSA) is 300 Å². The summed E-state index contributed by atoms with van der Waals surface area (Å²) in [6.07, 6.45) is -9.85. The number of aromatic nitrogens is 1. The van der Waals surface area contributed by atoms with E-state index in [0.717, 1.165) is 90.0 Å². The van der Waals surface area contributed by atoms with E-state index in [2.05, 4.69) is 15.6 Å². The molecule has 0 unspecified atom stereocenters. The summed E-state index contributed by atoms with van der Waals surface area (Å²) in [5.41, 5.74) is -0.282. The first kappa shape index (κ1) is 61.0. The zero-order valence-electron chi connectivity index (χ0n) is 45.6. The van der Waals surface area contributed by atoms with E-state index in [9.17, 15) is 43.2 Å². The van der Waals surface area contributed by atoms with Crippen molar-refractivity contribution in [3.63, 3.8) is 0 Å². The average Bonchev–Trinajstić information content (AvgIpc) is 3.45. The normalized spacial score (nSPS) is 24.9. The molecular formula is C56H61N3O20S2. The Balaban J connectivity index is 1.52. The predicted molar refractivity (Wildman–Crippen MR) is 286 cm³/mol. The molecule has 4 aromatic rings. The number of amides is 2. The number of benzene rings is 3. The van der Waals surface area contributed by atoms with E-state index in [0.29, 0.717) is 29.3 Å². The molecule has 2 aliphatic heterocycles. The smallest absolute Gasteiger partial charge is 0.303 e. The van der Waals surface area contributed by atoms with Crippen molar-refractivity contribution in [3.8, 4) is 0 Å². The number of hydrogen-bond acceptors (Lipinski definition) is 23. The Labute approximate surface area is 473 Å². The lowest BCUT2D eigenvalue weighted by molar-refractivity contribution is -0.237. The van der Waals surface area contributed by atoms with E-state index in [1.807, 2.05) is 24.3 Å². The number of para-hydroxylation sites is 1. The zero-order chi connectivity index (χ0) is 58.8. The number of carbonyl (C=O) groups excluding carboxylic acids is 10. The molecule has 0 bridgehead atoms. The second-order valence-electron chi connectivity index (χ2n) is 19.1. The van der Waals surface area contributed by atoms with Gasteiger partial charge in [-0.2, -0.15) is 0 Å². The van der Waals surface area contributed by atoms with Gasteiger partial charge in [-0.25, -0.2) is 0 Å². The van der Waals surface area contributed by atoms with E-state index in [1.54, 1.807) is 48.7 Å². The highest BCUT2D eigenvalue weighted by atomic mass is 32.2. The Hall–Kier alpha value is -7.61. The minimum absolute atomic E-state index is 0.105. The Morgan fingerprint density at radius 2 is 0.988 bits per heavy atom. The van der Waals surface area contributed by atoms with Gasteiger partial charge in [0.25, 0.3) is 5.91 Å². The van der Waals surface area contributed by atoms with Gasteiger partial charge in [-0.15, -0.1) is 0 Å². The monoisotopic (exact) mass is 1160 g/mol. The second kappa shape index (κ2) is 27.2. The molecule has 12 atom stereocenters. The summed E-state index contributed by atoms with van der Waals surface area (Å²) in [6, 6.07) is 19.2. The van der Waals surface area contributed by atoms with E-state index < -0.39 is 132 Å². The Morgan fingerprint density at radius 3 is 1.46 bits per heavy atom. The first-order valence-corrected chi connectivity index (χ1v) is 27.4. The fraction of sp³-hybridized carbons (Fsp3) is 0.446. The summed E-state index contributed by atoms with van der Waals surface area (Å²) in [7, 11) is 0. The molecular weight excluding hydrogens is 1100 g/mol. The van der Waals surface area contributed by atoms with E-state index in [-0.39, 0.29) is 33.0 Å². The lowest BCUT2D eigenvalue weighted by atomic mass is 9.76. The summed E-state index contributed by atoms with van der Waals surface area (Å²) in [6.45, 7) is 9.08. The molecule has 2 saturated heterocycles. The minimum Gasteiger partial charge on any atom is -0.463 e. The van der Waals surface area contributed by atoms with Crippen LogP contribution >= 0.6 is 23.5 Å². The zero-order valence-corrected chi connectivity index (χ0v) is 47.2. The molecule has 3 aliphatic rings. The van der Waals surface area contributed by atoms with Gasteiger partial charge in [-0.1, -0.05) is 66.0 Å². The van der Waals surface area contributed by atoms with E-state index >= 15 is 4.79 Å². The molecule has 81 heavy (non-hydrogen) atoms. The number of fused-ring (bicyclic) bond motifs is 2. The summed E-state index contributed by atoms with van der Waals surface area (Å²) < 4.78 is 58.7. The number of thioether (sulfide) groups is 2. The Kier molecular flexibility index (Phi) is 20.5. The van der Waals surface area contributed by atoms with Gasteiger partial charge in [0, 0.05) is 89.6 Å². The van der Waals surface area contributed by atoms with Crippen molar-refractivity contribution in [3.05, 3.63) is 95.2 Å². The molecule has 3 aromatic carbocycles. The van der Waals surface area contributed by atoms with Crippen LogP contribution in [0.25, 0.3) is 10.9 Å². The predicted octanol–water partition coefficient (Wildman–Crippen LogP) is 5.94. The molecule has 1 aliphatic carbocycles. The van der Waals surface area contributed by atoms with Crippen LogP contribution in [0.5, 0.6) is 0 Å². The molecule has 0 saturated carbocycles. The van der Waals surface area contributed by atoms with Crippen molar-refractivity contribution in [2.75, 3.05) is 18.5 Å². The van der Waals surface area contributed by atoms with Crippen LogP contribution in [0.15, 0.2) is 82.7 Å². The highest BCUT2D eigenvalue weighted by Gasteiger charge is 2.55. The van der Waals surface area contributed by atoms with Crippen LogP contribution in [0.4, 0.5) is 5.69 Å².